The first-order valence-electron chi connectivity index (χ1n) is 33.4. The molecule has 2 aromatic heterocycles. The van der Waals surface area contributed by atoms with Crippen LogP contribution >= 0.6 is 22.7 Å². The maximum absolute atomic E-state index is 15.2. The summed E-state index contributed by atoms with van der Waals surface area (Å²) in [5, 5.41) is 0. The topological polar surface area (TPSA) is 34.1 Å². The summed E-state index contributed by atoms with van der Waals surface area (Å²) in [6, 6.07) is 53.8. The van der Waals surface area contributed by atoms with Crippen LogP contribution in [0.25, 0.3) is 64.0 Å². The fraction of sp³-hybridized carbons (Fsp3) is 0.425. The first-order valence-corrected chi connectivity index (χ1v) is 35.0. The van der Waals surface area contributed by atoms with Crippen molar-refractivity contribution in [2.75, 3.05) is 0 Å². The van der Waals surface area contributed by atoms with Crippen LogP contribution in [0.1, 0.15) is 262 Å². The summed E-state index contributed by atoms with van der Waals surface area (Å²) in [5.74, 6) is -0.142. The first-order chi connectivity index (χ1) is 41.4. The molecular formula is C80H92O2S2. The highest BCUT2D eigenvalue weighted by atomic mass is 32.1. The van der Waals surface area contributed by atoms with Gasteiger partial charge < -0.3 is 0 Å². The molecule has 0 saturated carbocycles. The van der Waals surface area contributed by atoms with Crippen LogP contribution in [0.5, 0.6) is 0 Å². The molecule has 0 N–H and O–H groups in total. The number of fused-ring (bicyclic) bond motifs is 8. The lowest BCUT2D eigenvalue weighted by Crippen LogP contribution is -2.25. The molecule has 0 aliphatic heterocycles. The molecule has 4 heteroatoms. The minimum Gasteiger partial charge on any atom is -0.289 e. The fourth-order valence-electron chi connectivity index (χ4n) is 15.3. The van der Waals surface area contributed by atoms with E-state index < -0.39 is 0 Å². The largest absolute Gasteiger partial charge is 0.289 e. The molecule has 0 unspecified atom stereocenters. The zero-order valence-electron chi connectivity index (χ0n) is 51.3. The van der Waals surface area contributed by atoms with Crippen molar-refractivity contribution in [3.05, 3.63) is 190 Å². The van der Waals surface area contributed by atoms with Gasteiger partial charge in [0.2, 0.25) is 0 Å². The molecule has 0 spiro atoms. The second-order valence-electron chi connectivity index (χ2n) is 25.3. The van der Waals surface area contributed by atoms with Crippen molar-refractivity contribution in [1.29, 1.82) is 0 Å². The number of carbonyl (C=O) groups excluding carboxylic acids is 2. The molecule has 2 heterocycles. The second kappa shape index (κ2) is 28.1. The summed E-state index contributed by atoms with van der Waals surface area (Å²) in [7, 11) is 0. The summed E-state index contributed by atoms with van der Waals surface area (Å²) >= 11 is 3.50. The fourth-order valence-corrected chi connectivity index (χ4v) is 17.4. The molecule has 3 aliphatic rings. The molecule has 0 saturated heterocycles. The van der Waals surface area contributed by atoms with Crippen LogP contribution in [0, 0.1) is 0 Å². The molecule has 436 valence electrons. The van der Waals surface area contributed by atoms with Crippen LogP contribution in [-0.4, -0.2) is 11.6 Å². The van der Waals surface area contributed by atoms with Crippen molar-refractivity contribution in [2.24, 2.45) is 0 Å². The Kier molecular flexibility index (Phi) is 20.0. The second-order valence-corrected chi connectivity index (χ2v) is 27.5. The van der Waals surface area contributed by atoms with Crippen molar-refractivity contribution in [2.45, 2.75) is 218 Å². The highest BCUT2D eigenvalue weighted by Gasteiger charge is 2.44. The molecule has 0 fully saturated rings. The van der Waals surface area contributed by atoms with Gasteiger partial charge in [0.15, 0.2) is 11.6 Å². The number of rotatable bonds is 32. The summed E-state index contributed by atoms with van der Waals surface area (Å²) in [6.07, 6.45) is 35.8. The van der Waals surface area contributed by atoms with E-state index in [0.29, 0.717) is 22.3 Å². The van der Waals surface area contributed by atoms with Gasteiger partial charge in [-0.1, -0.05) is 291 Å². The first kappa shape index (κ1) is 59.8. The minimum atomic E-state index is -0.0708. The molecule has 3 aliphatic carbocycles. The van der Waals surface area contributed by atoms with Crippen molar-refractivity contribution in [3.63, 3.8) is 0 Å². The number of ketones is 2. The van der Waals surface area contributed by atoms with Gasteiger partial charge in [0, 0.05) is 63.7 Å². The number of benzene rings is 6. The van der Waals surface area contributed by atoms with Crippen molar-refractivity contribution in [1.82, 2.24) is 0 Å². The molecule has 0 atom stereocenters. The minimum absolute atomic E-state index is 0.00820. The number of unbranched alkanes of at least 4 members (excludes halogenated alkanes) is 20. The molecule has 2 nitrogen and oxygen atoms in total. The van der Waals surface area contributed by atoms with Gasteiger partial charge in [-0.15, -0.1) is 22.7 Å². The van der Waals surface area contributed by atoms with Gasteiger partial charge in [0.1, 0.15) is 0 Å². The van der Waals surface area contributed by atoms with Crippen molar-refractivity contribution < 1.29 is 9.59 Å². The van der Waals surface area contributed by atoms with E-state index in [1.807, 2.05) is 24.3 Å². The maximum Gasteiger partial charge on any atom is 0.195 e. The molecule has 0 bridgehead atoms. The number of carbonyl (C=O) groups is 2. The Morgan fingerprint density at radius 3 is 0.917 bits per heavy atom. The van der Waals surface area contributed by atoms with Gasteiger partial charge in [-0.3, -0.25) is 9.59 Å². The van der Waals surface area contributed by atoms with E-state index in [0.717, 1.165) is 20.9 Å². The lowest BCUT2D eigenvalue weighted by atomic mass is 9.70. The maximum atomic E-state index is 15.2. The Hall–Kier alpha value is -5.94. The number of thiophene rings is 2. The highest BCUT2D eigenvalue weighted by Crippen LogP contribution is 2.57. The zero-order chi connectivity index (χ0) is 57.9. The van der Waals surface area contributed by atoms with E-state index in [9.17, 15) is 0 Å². The smallest absolute Gasteiger partial charge is 0.195 e. The lowest BCUT2D eigenvalue weighted by Gasteiger charge is -2.33. The molecule has 84 heavy (non-hydrogen) atoms. The van der Waals surface area contributed by atoms with E-state index in [2.05, 4.69) is 149 Å². The standard InChI is InChI=1S/C80H92O2S2/c1-5-9-13-17-21-31-51-79(52-32-22-18-14-10-6-2)67-39-29-27-35-59(67)61-43-41-57(55-69(61)79)71-47-49-73(83-71)65-45-46-66(76-75(65)77(81)63-37-25-26-38-64(63)78(76)82)74-50-48-72(84-74)58-42-44-62-60-36-28-30-40-68(60)80(70(62)56-58,53-33-23-19-15-11-7-3)54-34-24-20-16-12-8-4/h25-30,35-50,55-56H,5-24,31-34,51-54H2,1-4H3. The molecule has 11 rings (SSSR count). The third kappa shape index (κ3) is 12.1. The normalized spacial score (nSPS) is 14.1. The van der Waals surface area contributed by atoms with Gasteiger partial charge in [-0.05, 0) is 118 Å². The Morgan fingerprint density at radius 2 is 0.560 bits per heavy atom. The quantitative estimate of drug-likeness (QED) is 0.0394. The Labute approximate surface area is 513 Å². The molecule has 6 aromatic carbocycles. The van der Waals surface area contributed by atoms with Crippen LogP contribution in [0.2, 0.25) is 0 Å². The van der Waals surface area contributed by atoms with Gasteiger partial charge in [0.25, 0.3) is 0 Å². The van der Waals surface area contributed by atoms with Crippen LogP contribution < -0.4 is 0 Å². The van der Waals surface area contributed by atoms with Crippen LogP contribution in [0.3, 0.4) is 0 Å². The molecule has 0 radical (unpaired) electrons. The predicted octanol–water partition coefficient (Wildman–Crippen LogP) is 24.8. The summed E-state index contributed by atoms with van der Waals surface area (Å²) in [5.41, 5.74) is 17.8. The van der Waals surface area contributed by atoms with Crippen LogP contribution in [0.15, 0.2) is 146 Å². The van der Waals surface area contributed by atoms with E-state index in [1.165, 1.54) is 245 Å². The van der Waals surface area contributed by atoms with Crippen molar-refractivity contribution >= 4 is 34.2 Å². The van der Waals surface area contributed by atoms with E-state index in [1.54, 1.807) is 22.7 Å². The number of hydrogen-bond donors (Lipinski definition) is 0. The lowest BCUT2D eigenvalue weighted by molar-refractivity contribution is 0.0980. The van der Waals surface area contributed by atoms with Gasteiger partial charge >= 0.3 is 0 Å². The Bertz CT molecular complexity index is 3280. The van der Waals surface area contributed by atoms with Gasteiger partial charge in [0.05, 0.1) is 0 Å². The predicted molar refractivity (Wildman–Crippen MR) is 362 cm³/mol. The van der Waals surface area contributed by atoms with E-state index in [4.69, 9.17) is 0 Å². The summed E-state index contributed by atoms with van der Waals surface area (Å²) < 4.78 is 0. The monoisotopic (exact) mass is 1150 g/mol. The SMILES string of the molecule is CCCCCCCCC1(CCCCCCCC)c2ccccc2-c2ccc(-c3ccc(-c4ccc(-c5ccc(-c6ccc7c(c6)C(CCCCCCCC)(CCCCCCCC)c6ccccc6-7)s5)c5c4C(=O)c4ccccc4C5=O)s3)cc21. The Balaban J connectivity index is 0.933. The highest BCUT2D eigenvalue weighted by molar-refractivity contribution is 7.19. The average molecular weight is 1150 g/mol. The molecular weight excluding hydrogens is 1060 g/mol. The van der Waals surface area contributed by atoms with Gasteiger partial charge in [-0.2, -0.15) is 0 Å². The zero-order valence-corrected chi connectivity index (χ0v) is 52.9. The molecule has 0 amide bonds. The summed E-state index contributed by atoms with van der Waals surface area (Å²) in [6.45, 7) is 9.24. The van der Waals surface area contributed by atoms with Gasteiger partial charge in [-0.25, -0.2) is 0 Å². The third-order valence-corrected chi connectivity index (χ3v) is 22.1. The van der Waals surface area contributed by atoms with Crippen LogP contribution in [0.4, 0.5) is 0 Å². The third-order valence-electron chi connectivity index (χ3n) is 19.8. The van der Waals surface area contributed by atoms with Crippen LogP contribution in [-0.2, 0) is 10.8 Å². The Morgan fingerprint density at radius 1 is 0.274 bits per heavy atom. The van der Waals surface area contributed by atoms with E-state index >= 15 is 9.59 Å². The molecule has 8 aromatic rings. The van der Waals surface area contributed by atoms with Crippen molar-refractivity contribution in [3.8, 4) is 64.0 Å². The number of hydrogen-bond acceptors (Lipinski definition) is 4. The summed E-state index contributed by atoms with van der Waals surface area (Å²) in [4.78, 5) is 34.7. The van der Waals surface area contributed by atoms with E-state index in [-0.39, 0.29) is 22.4 Å². The average Bonchev–Trinajstić information content (AvgIpc) is 1.70.